The third kappa shape index (κ3) is 4.66. The normalized spacial score (nSPS) is 15.8. The zero-order chi connectivity index (χ0) is 19.1. The molecule has 0 unspecified atom stereocenters. The van der Waals surface area contributed by atoms with Gasteiger partial charge in [0.25, 0.3) is 5.91 Å². The van der Waals surface area contributed by atoms with Gasteiger partial charge in [0.05, 0.1) is 24.8 Å². The van der Waals surface area contributed by atoms with Crippen LogP contribution in [0.15, 0.2) is 18.2 Å². The van der Waals surface area contributed by atoms with Crippen LogP contribution in [0.2, 0.25) is 0 Å². The first kappa shape index (κ1) is 20.0. The monoisotopic (exact) mass is 363 g/mol. The average molecular weight is 363 g/mol. The van der Waals surface area contributed by atoms with Crippen molar-refractivity contribution >= 4 is 17.5 Å². The number of ether oxygens (including phenoxy) is 2. The average Bonchev–Trinajstić information content (AvgIpc) is 2.65. The van der Waals surface area contributed by atoms with Crippen LogP contribution >= 0.6 is 0 Å². The smallest absolute Gasteiger partial charge is 0.251 e. The van der Waals surface area contributed by atoms with Crippen LogP contribution in [0.4, 0.5) is 5.69 Å². The number of hydrogen-bond donors (Lipinski definition) is 1. The van der Waals surface area contributed by atoms with E-state index < -0.39 is 0 Å². The van der Waals surface area contributed by atoms with Crippen LogP contribution in [0, 0.1) is 0 Å². The molecule has 0 radical (unpaired) electrons. The molecule has 0 saturated carbocycles. The van der Waals surface area contributed by atoms with Gasteiger partial charge in [-0.3, -0.25) is 9.59 Å². The Balaban J connectivity index is 2.09. The summed E-state index contributed by atoms with van der Waals surface area (Å²) < 4.78 is 10.8. The third-order valence-corrected chi connectivity index (χ3v) is 4.70. The molecule has 0 fully saturated rings. The van der Waals surface area contributed by atoms with Crippen molar-refractivity contribution in [3.63, 3.8) is 0 Å². The number of amides is 2. The summed E-state index contributed by atoms with van der Waals surface area (Å²) in [5.74, 6) is 0.694. The van der Waals surface area contributed by atoms with Crippen molar-refractivity contribution in [1.82, 2.24) is 10.2 Å². The van der Waals surface area contributed by atoms with Gasteiger partial charge in [0.15, 0.2) is 0 Å². The molecule has 7 heteroatoms. The molecule has 1 aromatic carbocycles. The van der Waals surface area contributed by atoms with E-state index in [0.29, 0.717) is 44.8 Å². The number of likely N-dealkylation sites (N-methyl/N-ethyl adjacent to an activating group) is 1. The molecule has 7 nitrogen and oxygen atoms in total. The molecule has 1 aliphatic heterocycles. The van der Waals surface area contributed by atoms with Crippen molar-refractivity contribution in [3.05, 3.63) is 23.8 Å². The fourth-order valence-corrected chi connectivity index (χ4v) is 3.02. The molecule has 0 aromatic heterocycles. The highest BCUT2D eigenvalue weighted by Gasteiger charge is 2.28. The van der Waals surface area contributed by atoms with Gasteiger partial charge in [0.2, 0.25) is 5.91 Å². The van der Waals surface area contributed by atoms with Gasteiger partial charge in [-0.25, -0.2) is 0 Å². The number of benzene rings is 1. The van der Waals surface area contributed by atoms with Crippen LogP contribution in [0.3, 0.4) is 0 Å². The Morgan fingerprint density at radius 2 is 2.08 bits per heavy atom. The fourth-order valence-electron chi connectivity index (χ4n) is 3.02. The Morgan fingerprint density at radius 1 is 1.35 bits per heavy atom. The molecule has 1 N–H and O–H groups in total. The summed E-state index contributed by atoms with van der Waals surface area (Å²) in [6, 6.07) is 5.31. The highest BCUT2D eigenvalue weighted by molar-refractivity contribution is 5.95. The Morgan fingerprint density at radius 3 is 2.73 bits per heavy atom. The molecule has 1 heterocycles. The molecule has 2 amide bonds. The summed E-state index contributed by atoms with van der Waals surface area (Å²) in [7, 11) is 3.53. The van der Waals surface area contributed by atoms with Crippen LogP contribution < -0.4 is 15.0 Å². The maximum Gasteiger partial charge on any atom is 0.251 e. The van der Waals surface area contributed by atoms with Gasteiger partial charge in [0.1, 0.15) is 12.4 Å². The second-order valence-corrected chi connectivity index (χ2v) is 6.28. The summed E-state index contributed by atoms with van der Waals surface area (Å²) in [5, 5.41) is 2.81. The van der Waals surface area contributed by atoms with Crippen LogP contribution in [0.5, 0.6) is 5.75 Å². The van der Waals surface area contributed by atoms with Crippen molar-refractivity contribution in [2.75, 3.05) is 51.9 Å². The molecule has 1 aliphatic rings. The van der Waals surface area contributed by atoms with Crippen molar-refractivity contribution in [2.24, 2.45) is 0 Å². The predicted molar refractivity (Wildman–Crippen MR) is 101 cm³/mol. The third-order valence-electron chi connectivity index (χ3n) is 4.70. The van der Waals surface area contributed by atoms with E-state index in [2.05, 4.69) is 5.32 Å². The van der Waals surface area contributed by atoms with E-state index in [9.17, 15) is 9.59 Å². The Hall–Kier alpha value is -2.28. The molecule has 0 saturated heterocycles. The van der Waals surface area contributed by atoms with Crippen LogP contribution in [-0.2, 0) is 9.53 Å². The molecule has 0 spiro atoms. The quantitative estimate of drug-likeness (QED) is 0.709. The van der Waals surface area contributed by atoms with E-state index in [1.54, 1.807) is 19.2 Å². The van der Waals surface area contributed by atoms with Crippen molar-refractivity contribution < 1.29 is 19.1 Å². The number of rotatable bonds is 8. The number of carbonyl (C=O) groups is 2. The second kappa shape index (κ2) is 9.43. The minimum atomic E-state index is -0.153. The Kier molecular flexibility index (Phi) is 7.26. The number of carbonyl (C=O) groups excluding carboxylic acids is 2. The topological polar surface area (TPSA) is 71.1 Å². The van der Waals surface area contributed by atoms with Gasteiger partial charge in [0, 0.05) is 39.4 Å². The molecule has 0 aliphatic carbocycles. The summed E-state index contributed by atoms with van der Waals surface area (Å²) in [6.45, 7) is 6.74. The van der Waals surface area contributed by atoms with Gasteiger partial charge in [-0.1, -0.05) is 0 Å². The minimum Gasteiger partial charge on any atom is -0.489 e. The molecule has 2 rings (SSSR count). The fraction of sp³-hybridized carbons (Fsp3) is 0.579. The minimum absolute atomic E-state index is 0.0533. The SMILES string of the molecule is CCN(CC)C(=O)C[C@H]1COc2ccc(C(=O)NCCOC)cc2N1C. The van der Waals surface area contributed by atoms with Crippen molar-refractivity contribution in [3.8, 4) is 5.75 Å². The summed E-state index contributed by atoms with van der Waals surface area (Å²) in [4.78, 5) is 28.5. The lowest BCUT2D eigenvalue weighted by Crippen LogP contribution is -2.44. The van der Waals surface area contributed by atoms with Gasteiger partial charge in [-0.15, -0.1) is 0 Å². The molecule has 1 aromatic rings. The van der Waals surface area contributed by atoms with Crippen molar-refractivity contribution in [1.29, 1.82) is 0 Å². The molecule has 1 atom stereocenters. The second-order valence-electron chi connectivity index (χ2n) is 6.28. The van der Waals surface area contributed by atoms with E-state index in [0.717, 1.165) is 11.4 Å². The van der Waals surface area contributed by atoms with Crippen LogP contribution in [-0.4, -0.2) is 69.8 Å². The van der Waals surface area contributed by atoms with Gasteiger partial charge < -0.3 is 24.6 Å². The van der Waals surface area contributed by atoms with E-state index >= 15 is 0 Å². The van der Waals surface area contributed by atoms with Crippen LogP contribution in [0.1, 0.15) is 30.6 Å². The summed E-state index contributed by atoms with van der Waals surface area (Å²) in [6.07, 6.45) is 0.391. The highest BCUT2D eigenvalue weighted by atomic mass is 16.5. The maximum atomic E-state index is 12.4. The Bertz CT molecular complexity index is 631. The molecular weight excluding hydrogens is 334 g/mol. The van der Waals surface area contributed by atoms with E-state index in [1.165, 1.54) is 0 Å². The molecular formula is C19H29N3O4. The molecule has 26 heavy (non-hydrogen) atoms. The lowest BCUT2D eigenvalue weighted by atomic mass is 10.1. The number of fused-ring (bicyclic) bond motifs is 1. The molecule has 0 bridgehead atoms. The van der Waals surface area contributed by atoms with Crippen LogP contribution in [0.25, 0.3) is 0 Å². The first-order valence-electron chi connectivity index (χ1n) is 9.06. The van der Waals surface area contributed by atoms with E-state index in [1.807, 2.05) is 36.8 Å². The summed E-state index contributed by atoms with van der Waals surface area (Å²) in [5.41, 5.74) is 1.39. The zero-order valence-corrected chi connectivity index (χ0v) is 16.1. The first-order valence-corrected chi connectivity index (χ1v) is 9.06. The van der Waals surface area contributed by atoms with Crippen molar-refractivity contribution in [2.45, 2.75) is 26.3 Å². The number of hydrogen-bond acceptors (Lipinski definition) is 5. The number of methoxy groups -OCH3 is 1. The van der Waals surface area contributed by atoms with E-state index in [4.69, 9.17) is 9.47 Å². The molecule has 144 valence electrons. The maximum absolute atomic E-state index is 12.4. The summed E-state index contributed by atoms with van der Waals surface area (Å²) >= 11 is 0. The zero-order valence-electron chi connectivity index (χ0n) is 16.1. The van der Waals surface area contributed by atoms with Gasteiger partial charge in [-0.05, 0) is 32.0 Å². The standard InChI is InChI=1S/C19H29N3O4/c1-5-22(6-2)18(23)12-15-13-26-17-8-7-14(11-16(17)21(15)3)19(24)20-9-10-25-4/h7-8,11,15H,5-6,9-10,12-13H2,1-4H3,(H,20,24)/t15-/m0/s1. The largest absolute Gasteiger partial charge is 0.489 e. The van der Waals surface area contributed by atoms with Gasteiger partial charge >= 0.3 is 0 Å². The Labute approximate surface area is 155 Å². The predicted octanol–water partition coefficient (Wildman–Crippen LogP) is 1.52. The number of nitrogens with zero attached hydrogens (tertiary/aromatic N) is 2. The lowest BCUT2D eigenvalue weighted by molar-refractivity contribution is -0.131. The first-order chi connectivity index (χ1) is 12.5. The highest BCUT2D eigenvalue weighted by Crippen LogP contribution is 2.34. The lowest BCUT2D eigenvalue weighted by Gasteiger charge is -2.36. The number of anilines is 1. The van der Waals surface area contributed by atoms with Gasteiger partial charge in [-0.2, -0.15) is 0 Å². The number of nitrogens with one attached hydrogen (secondary N) is 1. The van der Waals surface area contributed by atoms with E-state index in [-0.39, 0.29) is 17.9 Å².